The van der Waals surface area contributed by atoms with Gasteiger partial charge >= 0.3 is 5.97 Å². The SMILES string of the molecule is CCOC(=O)C=Cc1cc(Cl)c(-c2ccc(OCc3cccc(C45CC6CC(CC(C6)C4)C5)c3)cc2)c(Cl)c1. The van der Waals surface area contributed by atoms with Gasteiger partial charge in [0.15, 0.2) is 0 Å². The van der Waals surface area contributed by atoms with Crippen molar-refractivity contribution < 1.29 is 14.3 Å². The molecule has 0 aromatic heterocycles. The molecular formula is C34H34Cl2O3. The number of ether oxygens (including phenoxy) is 2. The lowest BCUT2D eigenvalue weighted by atomic mass is 9.48. The van der Waals surface area contributed by atoms with Crippen molar-refractivity contribution in [2.45, 2.75) is 57.5 Å². The quantitative estimate of drug-likeness (QED) is 0.203. The Morgan fingerprint density at radius 2 is 1.56 bits per heavy atom. The van der Waals surface area contributed by atoms with E-state index in [4.69, 9.17) is 32.7 Å². The van der Waals surface area contributed by atoms with Crippen LogP contribution in [0.25, 0.3) is 17.2 Å². The number of carbonyl (C=O) groups is 1. The van der Waals surface area contributed by atoms with E-state index in [1.807, 2.05) is 24.3 Å². The van der Waals surface area contributed by atoms with E-state index in [1.54, 1.807) is 25.1 Å². The van der Waals surface area contributed by atoms with Crippen molar-refractivity contribution in [3.63, 3.8) is 0 Å². The van der Waals surface area contributed by atoms with Gasteiger partial charge in [-0.2, -0.15) is 0 Å². The zero-order valence-corrected chi connectivity index (χ0v) is 23.8. The van der Waals surface area contributed by atoms with Crippen LogP contribution in [0.15, 0.2) is 66.7 Å². The lowest BCUT2D eigenvalue weighted by Crippen LogP contribution is -2.48. The molecule has 4 saturated carbocycles. The first-order valence-electron chi connectivity index (χ1n) is 14.1. The van der Waals surface area contributed by atoms with Gasteiger partial charge in [0.05, 0.1) is 16.7 Å². The van der Waals surface area contributed by atoms with Crippen LogP contribution in [0.1, 0.15) is 62.1 Å². The van der Waals surface area contributed by atoms with Crippen LogP contribution in [-0.2, 0) is 21.6 Å². The Hall–Kier alpha value is -2.75. The number of benzene rings is 3. The van der Waals surface area contributed by atoms with Crippen LogP contribution in [0, 0.1) is 17.8 Å². The predicted molar refractivity (Wildman–Crippen MR) is 158 cm³/mol. The Kier molecular flexibility index (Phi) is 7.48. The molecule has 0 aliphatic heterocycles. The van der Waals surface area contributed by atoms with Gasteiger partial charge < -0.3 is 9.47 Å². The molecule has 0 amide bonds. The summed E-state index contributed by atoms with van der Waals surface area (Å²) in [4.78, 5) is 11.6. The standard InChI is InChI=1S/C34H34Cl2O3/c1-2-38-32(37)11-6-22-16-30(35)33(31(36)17-22)27-7-9-29(10-8-27)39-21-23-4-3-5-28(15-23)34-18-24-12-25(19-34)14-26(13-24)20-34/h3-11,15-17,24-26H,2,12-14,18-21H2,1H3. The van der Waals surface area contributed by atoms with Crippen molar-refractivity contribution in [1.29, 1.82) is 0 Å². The first-order valence-corrected chi connectivity index (χ1v) is 14.8. The lowest BCUT2D eigenvalue weighted by Gasteiger charge is -2.57. The second-order valence-electron chi connectivity index (χ2n) is 11.7. The summed E-state index contributed by atoms with van der Waals surface area (Å²) in [6.07, 6.45) is 11.5. The van der Waals surface area contributed by atoms with E-state index in [2.05, 4.69) is 24.3 Å². The van der Waals surface area contributed by atoms with Crippen LogP contribution < -0.4 is 4.74 Å². The Balaban J connectivity index is 1.12. The summed E-state index contributed by atoms with van der Waals surface area (Å²) in [6, 6.07) is 20.6. The summed E-state index contributed by atoms with van der Waals surface area (Å²) in [5, 5.41) is 1.03. The Labute approximate surface area is 241 Å². The van der Waals surface area contributed by atoms with Gasteiger partial charge in [0.25, 0.3) is 0 Å². The van der Waals surface area contributed by atoms with E-state index in [0.717, 1.165) is 40.2 Å². The van der Waals surface area contributed by atoms with E-state index >= 15 is 0 Å². The highest BCUT2D eigenvalue weighted by Crippen LogP contribution is 2.60. The molecule has 3 aromatic carbocycles. The van der Waals surface area contributed by atoms with Crippen molar-refractivity contribution in [3.05, 3.63) is 93.5 Å². The number of carbonyl (C=O) groups excluding carboxylic acids is 1. The number of halogens is 2. The van der Waals surface area contributed by atoms with Crippen molar-refractivity contribution in [2.24, 2.45) is 17.8 Å². The third kappa shape index (κ3) is 5.62. The van der Waals surface area contributed by atoms with Crippen LogP contribution in [0.2, 0.25) is 10.0 Å². The van der Waals surface area contributed by atoms with E-state index < -0.39 is 5.97 Å². The van der Waals surface area contributed by atoms with Gasteiger partial charge in [-0.3, -0.25) is 0 Å². The predicted octanol–water partition coefficient (Wildman–Crippen LogP) is 9.28. The van der Waals surface area contributed by atoms with Crippen LogP contribution in [0.3, 0.4) is 0 Å². The van der Waals surface area contributed by atoms with Crippen molar-refractivity contribution in [3.8, 4) is 16.9 Å². The second-order valence-corrected chi connectivity index (χ2v) is 12.5. The van der Waals surface area contributed by atoms with Crippen LogP contribution in [0.5, 0.6) is 5.75 Å². The molecule has 0 N–H and O–H groups in total. The summed E-state index contributed by atoms with van der Waals surface area (Å²) >= 11 is 13.2. The number of esters is 1. The molecule has 0 unspecified atom stereocenters. The normalized spacial score (nSPS) is 25.3. The average Bonchev–Trinajstić information content (AvgIpc) is 2.91. The molecule has 4 fully saturated rings. The summed E-state index contributed by atoms with van der Waals surface area (Å²) in [7, 11) is 0. The zero-order chi connectivity index (χ0) is 27.0. The lowest BCUT2D eigenvalue weighted by molar-refractivity contribution is -0.137. The van der Waals surface area contributed by atoms with Gasteiger partial charge in [-0.05, 0) is 121 Å². The molecule has 0 radical (unpaired) electrons. The smallest absolute Gasteiger partial charge is 0.330 e. The minimum atomic E-state index is -0.399. The van der Waals surface area contributed by atoms with Crippen LogP contribution in [-0.4, -0.2) is 12.6 Å². The summed E-state index contributed by atoms with van der Waals surface area (Å²) in [5.74, 6) is 3.22. The van der Waals surface area contributed by atoms with E-state index in [9.17, 15) is 4.79 Å². The second kappa shape index (κ2) is 11.0. The molecule has 0 atom stereocenters. The van der Waals surface area contributed by atoms with E-state index in [1.165, 1.54) is 55.7 Å². The zero-order valence-electron chi connectivity index (χ0n) is 22.3. The molecule has 0 spiro atoms. The van der Waals surface area contributed by atoms with Gasteiger partial charge in [-0.25, -0.2) is 4.79 Å². The topological polar surface area (TPSA) is 35.5 Å². The first-order chi connectivity index (χ1) is 18.9. The van der Waals surface area contributed by atoms with Crippen LogP contribution in [0.4, 0.5) is 0 Å². The molecule has 4 aliphatic rings. The Morgan fingerprint density at radius 3 is 2.18 bits per heavy atom. The van der Waals surface area contributed by atoms with Crippen molar-refractivity contribution >= 4 is 35.2 Å². The molecule has 0 saturated heterocycles. The summed E-state index contributed by atoms with van der Waals surface area (Å²) in [6.45, 7) is 2.64. The highest BCUT2D eigenvalue weighted by molar-refractivity contribution is 6.39. The molecule has 4 bridgehead atoms. The molecule has 4 aliphatic carbocycles. The van der Waals surface area contributed by atoms with E-state index in [-0.39, 0.29) is 0 Å². The fourth-order valence-corrected chi connectivity index (χ4v) is 8.38. The minimum Gasteiger partial charge on any atom is -0.489 e. The maximum absolute atomic E-state index is 11.6. The largest absolute Gasteiger partial charge is 0.489 e. The minimum absolute atomic E-state index is 0.331. The molecule has 0 heterocycles. The number of rotatable bonds is 8. The Bertz CT molecular complexity index is 1330. The number of hydrogen-bond donors (Lipinski definition) is 0. The monoisotopic (exact) mass is 560 g/mol. The molecule has 3 nitrogen and oxygen atoms in total. The number of hydrogen-bond acceptors (Lipinski definition) is 3. The molecule has 39 heavy (non-hydrogen) atoms. The third-order valence-corrected chi connectivity index (χ3v) is 9.49. The maximum Gasteiger partial charge on any atom is 0.330 e. The average molecular weight is 562 g/mol. The molecule has 3 aromatic rings. The molecule has 7 rings (SSSR count). The van der Waals surface area contributed by atoms with Gasteiger partial charge in [0.2, 0.25) is 0 Å². The summed E-state index contributed by atoms with van der Waals surface area (Å²) in [5.41, 5.74) is 5.54. The van der Waals surface area contributed by atoms with E-state index in [0.29, 0.717) is 28.7 Å². The van der Waals surface area contributed by atoms with Gasteiger partial charge in [-0.1, -0.05) is 59.6 Å². The van der Waals surface area contributed by atoms with Gasteiger partial charge in [-0.15, -0.1) is 0 Å². The first kappa shape index (κ1) is 26.5. The van der Waals surface area contributed by atoms with Crippen molar-refractivity contribution in [2.75, 3.05) is 6.61 Å². The van der Waals surface area contributed by atoms with Crippen LogP contribution >= 0.6 is 23.2 Å². The maximum atomic E-state index is 11.6. The molecule has 202 valence electrons. The van der Waals surface area contributed by atoms with Crippen molar-refractivity contribution in [1.82, 2.24) is 0 Å². The fraction of sp³-hybridized carbons (Fsp3) is 0.382. The Morgan fingerprint density at radius 1 is 0.923 bits per heavy atom. The van der Waals surface area contributed by atoms with Gasteiger partial charge in [0, 0.05) is 11.6 Å². The molecule has 5 heteroatoms. The molecular weight excluding hydrogens is 527 g/mol. The highest BCUT2D eigenvalue weighted by Gasteiger charge is 2.51. The fourth-order valence-electron chi connectivity index (χ4n) is 7.66. The highest BCUT2D eigenvalue weighted by atomic mass is 35.5. The van der Waals surface area contributed by atoms with Gasteiger partial charge in [0.1, 0.15) is 12.4 Å². The third-order valence-electron chi connectivity index (χ3n) is 8.89. The summed E-state index contributed by atoms with van der Waals surface area (Å²) < 4.78 is 11.1.